The Labute approximate surface area is 298 Å². The highest BCUT2D eigenvalue weighted by atomic mass is 15.2. The summed E-state index contributed by atoms with van der Waals surface area (Å²) in [5.41, 5.74) is 10.8. The average Bonchev–Trinajstić information content (AvgIpc) is 3.73. The van der Waals surface area contributed by atoms with Gasteiger partial charge in [-0.1, -0.05) is 103 Å². The molecule has 0 aliphatic heterocycles. The van der Waals surface area contributed by atoms with Crippen molar-refractivity contribution >= 4 is 65.3 Å². The molecule has 7 aromatic carbocycles. The largest absolute Gasteiger partial charge is 0.309 e. The molecule has 0 radical (unpaired) electrons. The minimum Gasteiger partial charge on any atom is -0.309 e. The maximum atomic E-state index is 5.30. The quantitative estimate of drug-likeness (QED) is 0.188. The Morgan fingerprint density at radius 3 is 1.85 bits per heavy atom. The predicted molar refractivity (Wildman–Crippen MR) is 214 cm³/mol. The van der Waals surface area contributed by atoms with Crippen LogP contribution in [0.3, 0.4) is 0 Å². The second-order valence-corrected chi connectivity index (χ2v) is 13.3. The molecule has 242 valence electrons. The molecule has 0 aliphatic rings. The zero-order valence-corrected chi connectivity index (χ0v) is 28.0. The first-order chi connectivity index (χ1) is 25.8. The number of nitrogens with zero attached hydrogens (tertiary/aromatic N) is 5. The summed E-state index contributed by atoms with van der Waals surface area (Å²) in [6.45, 7) is 0. The summed E-state index contributed by atoms with van der Waals surface area (Å²) in [7, 11) is 0. The van der Waals surface area contributed by atoms with E-state index in [0.29, 0.717) is 5.95 Å². The van der Waals surface area contributed by atoms with E-state index in [-0.39, 0.29) is 0 Å². The summed E-state index contributed by atoms with van der Waals surface area (Å²) in [4.78, 5) is 14.9. The molecule has 52 heavy (non-hydrogen) atoms. The Hall–Kier alpha value is -7.11. The molecule has 0 saturated heterocycles. The molecule has 0 spiro atoms. The van der Waals surface area contributed by atoms with E-state index in [1.54, 1.807) is 6.20 Å². The summed E-state index contributed by atoms with van der Waals surface area (Å²) in [5, 5.41) is 8.12. The maximum Gasteiger partial charge on any atom is 0.235 e. The van der Waals surface area contributed by atoms with Crippen molar-refractivity contribution in [2.24, 2.45) is 0 Å². The van der Waals surface area contributed by atoms with Crippen LogP contribution >= 0.6 is 0 Å². The molecular weight excluding hydrogens is 635 g/mol. The fourth-order valence-corrected chi connectivity index (χ4v) is 8.15. The molecule has 0 atom stereocenters. The summed E-state index contributed by atoms with van der Waals surface area (Å²) in [6.07, 6.45) is 3.67. The van der Waals surface area contributed by atoms with Gasteiger partial charge in [0, 0.05) is 56.0 Å². The highest BCUT2D eigenvalue weighted by Crippen LogP contribution is 2.43. The molecule has 11 rings (SSSR count). The van der Waals surface area contributed by atoms with Gasteiger partial charge in [0.1, 0.15) is 0 Å². The number of para-hydroxylation sites is 4. The molecule has 0 N–H and O–H groups in total. The van der Waals surface area contributed by atoms with E-state index in [1.807, 2.05) is 24.4 Å². The topological polar surface area (TPSA) is 48.5 Å². The number of pyridine rings is 1. The van der Waals surface area contributed by atoms with E-state index in [0.717, 1.165) is 55.0 Å². The van der Waals surface area contributed by atoms with Gasteiger partial charge < -0.3 is 4.57 Å². The van der Waals surface area contributed by atoms with Gasteiger partial charge in [0.15, 0.2) is 0 Å². The van der Waals surface area contributed by atoms with Gasteiger partial charge in [-0.25, -0.2) is 9.97 Å². The summed E-state index contributed by atoms with van der Waals surface area (Å²) in [6, 6.07) is 58.2. The summed E-state index contributed by atoms with van der Waals surface area (Å²) < 4.78 is 4.62. The lowest BCUT2D eigenvalue weighted by atomic mass is 9.94. The lowest BCUT2D eigenvalue weighted by Crippen LogP contribution is -2.04. The van der Waals surface area contributed by atoms with Crippen LogP contribution in [0.5, 0.6) is 0 Å². The first kappa shape index (κ1) is 28.7. The van der Waals surface area contributed by atoms with Gasteiger partial charge in [0.25, 0.3) is 0 Å². The van der Waals surface area contributed by atoms with Crippen LogP contribution in [0.2, 0.25) is 0 Å². The van der Waals surface area contributed by atoms with Crippen LogP contribution in [0, 0.1) is 0 Å². The van der Waals surface area contributed by atoms with Crippen molar-refractivity contribution in [1.82, 2.24) is 24.1 Å². The molecule has 5 nitrogen and oxygen atoms in total. The molecule has 4 aromatic heterocycles. The van der Waals surface area contributed by atoms with E-state index in [1.165, 1.54) is 38.3 Å². The normalized spacial score (nSPS) is 11.8. The van der Waals surface area contributed by atoms with Crippen molar-refractivity contribution in [3.8, 4) is 34.0 Å². The highest BCUT2D eigenvalue weighted by Gasteiger charge is 2.21. The van der Waals surface area contributed by atoms with Crippen LogP contribution < -0.4 is 0 Å². The Balaban J connectivity index is 1.21. The number of benzene rings is 7. The van der Waals surface area contributed by atoms with Crippen LogP contribution in [-0.4, -0.2) is 24.1 Å². The molecule has 0 aliphatic carbocycles. The van der Waals surface area contributed by atoms with E-state index in [2.05, 4.69) is 160 Å². The van der Waals surface area contributed by atoms with Crippen LogP contribution in [0.1, 0.15) is 0 Å². The number of rotatable bonds is 4. The van der Waals surface area contributed by atoms with E-state index < -0.39 is 0 Å². The Bertz CT molecular complexity index is 3180. The van der Waals surface area contributed by atoms with E-state index in [9.17, 15) is 0 Å². The van der Waals surface area contributed by atoms with Crippen molar-refractivity contribution < 1.29 is 0 Å². The average molecular weight is 664 g/mol. The van der Waals surface area contributed by atoms with E-state index >= 15 is 0 Å². The minimum absolute atomic E-state index is 0.636. The number of hydrogen-bond acceptors (Lipinski definition) is 3. The van der Waals surface area contributed by atoms with Gasteiger partial charge in [-0.3, -0.25) is 9.55 Å². The standard InChI is InChI=1S/C47H29N5/c1-2-14-32(15-3-1)51-42-22-10-7-17-34(42)39-27-30(24-25-44(39)51)38-28-40-35-18-8-11-23-43(35)52(46(40)36-19-5-4-16-33(36)38)47-49-41-21-9-6-20-37(41)45(50-47)31-13-12-26-48-29-31/h1-29H. The third-order valence-electron chi connectivity index (χ3n) is 10.4. The highest BCUT2D eigenvalue weighted by molar-refractivity contribution is 6.22. The van der Waals surface area contributed by atoms with Crippen LogP contribution in [0.15, 0.2) is 176 Å². The van der Waals surface area contributed by atoms with Crippen molar-refractivity contribution in [2.45, 2.75) is 0 Å². The third kappa shape index (κ3) is 4.20. The number of hydrogen-bond donors (Lipinski definition) is 0. The summed E-state index contributed by atoms with van der Waals surface area (Å²) >= 11 is 0. The second-order valence-electron chi connectivity index (χ2n) is 13.3. The molecule has 0 amide bonds. The van der Waals surface area contributed by atoms with Crippen molar-refractivity contribution in [3.63, 3.8) is 0 Å². The molecule has 4 heterocycles. The van der Waals surface area contributed by atoms with E-state index in [4.69, 9.17) is 9.97 Å². The summed E-state index contributed by atoms with van der Waals surface area (Å²) in [5.74, 6) is 0.636. The molecule has 0 unspecified atom stereocenters. The number of fused-ring (bicyclic) bond motifs is 9. The van der Waals surface area contributed by atoms with Crippen LogP contribution in [0.25, 0.3) is 99.3 Å². The molecule has 0 bridgehead atoms. The van der Waals surface area contributed by atoms with Crippen LogP contribution in [0.4, 0.5) is 0 Å². The lowest BCUT2D eigenvalue weighted by Gasteiger charge is -2.14. The van der Waals surface area contributed by atoms with Gasteiger partial charge in [0.2, 0.25) is 5.95 Å². The van der Waals surface area contributed by atoms with Crippen molar-refractivity contribution in [1.29, 1.82) is 0 Å². The first-order valence-electron chi connectivity index (χ1n) is 17.5. The molecule has 0 fully saturated rings. The van der Waals surface area contributed by atoms with Gasteiger partial charge >= 0.3 is 0 Å². The number of aromatic nitrogens is 5. The first-order valence-corrected chi connectivity index (χ1v) is 17.5. The van der Waals surface area contributed by atoms with Gasteiger partial charge in [-0.2, -0.15) is 0 Å². The van der Waals surface area contributed by atoms with Gasteiger partial charge in [-0.15, -0.1) is 0 Å². The van der Waals surface area contributed by atoms with Gasteiger partial charge in [-0.05, 0) is 77.2 Å². The fourth-order valence-electron chi connectivity index (χ4n) is 8.15. The zero-order valence-electron chi connectivity index (χ0n) is 28.0. The lowest BCUT2D eigenvalue weighted by molar-refractivity contribution is 1.02. The third-order valence-corrected chi connectivity index (χ3v) is 10.4. The fraction of sp³-hybridized carbons (Fsp3) is 0. The second kappa shape index (κ2) is 11.2. The Morgan fingerprint density at radius 2 is 1.06 bits per heavy atom. The minimum atomic E-state index is 0.636. The van der Waals surface area contributed by atoms with Crippen molar-refractivity contribution in [2.75, 3.05) is 0 Å². The Morgan fingerprint density at radius 1 is 0.404 bits per heavy atom. The maximum absolute atomic E-state index is 5.30. The Kier molecular flexibility index (Phi) is 6.18. The molecular formula is C47H29N5. The smallest absolute Gasteiger partial charge is 0.235 e. The SMILES string of the molecule is c1ccc(-n2c3ccccc3c3cc(-c4cc5c6ccccc6n(-c6nc(-c7cccnc7)c7ccccc7n6)c5c5ccccc45)ccc32)cc1. The monoisotopic (exact) mass is 663 g/mol. The van der Waals surface area contributed by atoms with Crippen molar-refractivity contribution in [3.05, 3.63) is 176 Å². The van der Waals surface area contributed by atoms with Crippen LogP contribution in [-0.2, 0) is 0 Å². The predicted octanol–water partition coefficient (Wildman–Crippen LogP) is 11.7. The zero-order chi connectivity index (χ0) is 34.2. The van der Waals surface area contributed by atoms with Gasteiger partial charge in [0.05, 0.1) is 33.3 Å². The molecule has 5 heteroatoms. The molecule has 11 aromatic rings. The molecule has 0 saturated carbocycles.